The number of carboxylic acid groups (broad SMARTS) is 1. The van der Waals surface area contributed by atoms with E-state index < -0.39 is 53.6 Å². The second-order valence-corrected chi connectivity index (χ2v) is 13.2. The van der Waals surface area contributed by atoms with Gasteiger partial charge in [0.25, 0.3) is 5.91 Å². The maximum Gasteiger partial charge on any atom is 0.433 e. The number of Topliss-reactive ketones (excluding diaryl/α,β-unsaturated/α-hetero) is 1. The maximum atomic E-state index is 14.5. The van der Waals surface area contributed by atoms with Gasteiger partial charge >= 0.3 is 12.1 Å². The molecule has 0 atom stereocenters. The van der Waals surface area contributed by atoms with Gasteiger partial charge in [0.15, 0.2) is 11.5 Å². The summed E-state index contributed by atoms with van der Waals surface area (Å²) >= 11 is 12.5. The number of fused-ring (bicyclic) bond motifs is 2. The molecule has 1 N–H and O–H groups in total. The number of carbonyl (C=O) groups excluding carboxylic acids is 2. The van der Waals surface area contributed by atoms with Gasteiger partial charge in [-0.15, -0.1) is 0 Å². The number of benzene rings is 1. The van der Waals surface area contributed by atoms with Gasteiger partial charge in [0.2, 0.25) is 0 Å². The molecule has 2 bridgehead atoms. The molecule has 3 saturated carbocycles. The fraction of sp³-hybridized carbons (Fsp3) is 0.586. The van der Waals surface area contributed by atoms with E-state index in [0.717, 1.165) is 43.0 Å². The van der Waals surface area contributed by atoms with Crippen molar-refractivity contribution in [2.75, 3.05) is 13.1 Å². The number of ketones is 1. The van der Waals surface area contributed by atoms with Crippen LogP contribution in [0, 0.1) is 16.7 Å². The molecule has 222 valence electrons. The quantitative estimate of drug-likeness (QED) is 0.315. The van der Waals surface area contributed by atoms with Gasteiger partial charge in [-0.05, 0) is 80.8 Å². The Balaban J connectivity index is 1.49. The van der Waals surface area contributed by atoms with Gasteiger partial charge in [0.05, 0.1) is 45.9 Å². The van der Waals surface area contributed by atoms with E-state index in [1.807, 2.05) is 0 Å². The zero-order valence-electron chi connectivity index (χ0n) is 22.6. The first-order valence-corrected chi connectivity index (χ1v) is 14.6. The molecule has 2 aromatic rings. The minimum atomic E-state index is -4.90. The van der Waals surface area contributed by atoms with Gasteiger partial charge in [-0.25, -0.2) is 0 Å². The highest BCUT2D eigenvalue weighted by molar-refractivity contribution is 6.40. The first kappa shape index (κ1) is 29.9. The average molecular weight is 614 g/mol. The molecule has 0 saturated heterocycles. The molecule has 12 heteroatoms. The third-order valence-corrected chi connectivity index (χ3v) is 10.0. The predicted octanol–water partition coefficient (Wildman–Crippen LogP) is 7.32. The number of aromatic nitrogens is 2. The summed E-state index contributed by atoms with van der Waals surface area (Å²) in [7, 11) is 0. The second kappa shape index (κ2) is 10.9. The number of rotatable bonds is 8. The standard InChI is InChI=1S/C29H32Cl2F3N3O4/c1-27-9-11-28(15-27,12-10-27)16-36(14-22(38)23-20(30)3-2-4-21(23)31)25(39)19-13-35-37(24(19)29(32,33)34)18-7-5-17(6-8-18)26(40)41/h2-4,13,17-18H,5-12,14-16H2,1H3,(H,40,41)/t17-,18+,27?,28?. The summed E-state index contributed by atoms with van der Waals surface area (Å²) < 4.78 is 44.4. The monoisotopic (exact) mass is 613 g/mol. The van der Waals surface area contributed by atoms with Crippen molar-refractivity contribution >= 4 is 40.9 Å². The molecular formula is C29H32Cl2F3N3O4. The molecule has 1 heterocycles. The molecule has 3 aliphatic carbocycles. The number of nitrogens with zero attached hydrogens (tertiary/aromatic N) is 3. The molecule has 3 fully saturated rings. The lowest BCUT2D eigenvalue weighted by Crippen LogP contribution is -2.43. The molecular weight excluding hydrogens is 582 g/mol. The molecule has 1 aromatic carbocycles. The number of hydrogen-bond donors (Lipinski definition) is 1. The summed E-state index contributed by atoms with van der Waals surface area (Å²) in [5.41, 5.74) is -1.92. The second-order valence-electron chi connectivity index (χ2n) is 12.4. The number of aliphatic carboxylic acids is 1. The summed E-state index contributed by atoms with van der Waals surface area (Å²) in [5, 5.41) is 13.5. The van der Waals surface area contributed by atoms with Crippen LogP contribution in [0.3, 0.4) is 0 Å². The van der Waals surface area contributed by atoms with Crippen LogP contribution in [0.15, 0.2) is 24.4 Å². The Morgan fingerprint density at radius 2 is 1.68 bits per heavy atom. The minimum Gasteiger partial charge on any atom is -0.481 e. The largest absolute Gasteiger partial charge is 0.481 e. The van der Waals surface area contributed by atoms with E-state index in [1.54, 1.807) is 6.07 Å². The number of carboxylic acids is 1. The number of halogens is 5. The summed E-state index contributed by atoms with van der Waals surface area (Å²) in [4.78, 5) is 40.0. The summed E-state index contributed by atoms with van der Waals surface area (Å²) in [6, 6.07) is 3.88. The normalized spacial score (nSPS) is 27.7. The fourth-order valence-electron chi connectivity index (χ4n) is 7.29. The van der Waals surface area contributed by atoms with Gasteiger partial charge in [0.1, 0.15) is 0 Å². The van der Waals surface area contributed by atoms with Gasteiger partial charge < -0.3 is 10.0 Å². The highest BCUT2D eigenvalue weighted by atomic mass is 35.5. The van der Waals surface area contributed by atoms with Crippen LogP contribution in [0.5, 0.6) is 0 Å². The van der Waals surface area contributed by atoms with Gasteiger partial charge in [-0.2, -0.15) is 18.3 Å². The number of carbonyl (C=O) groups is 3. The molecule has 1 amide bonds. The van der Waals surface area contributed by atoms with Crippen molar-refractivity contribution in [3.63, 3.8) is 0 Å². The Morgan fingerprint density at radius 1 is 1.07 bits per heavy atom. The lowest BCUT2D eigenvalue weighted by molar-refractivity contribution is -0.147. The molecule has 0 unspecified atom stereocenters. The molecule has 1 aromatic heterocycles. The fourth-order valence-corrected chi connectivity index (χ4v) is 7.90. The SMILES string of the molecule is CC12CCC(CN(CC(=O)c3c(Cl)cccc3Cl)C(=O)c3cnn([C@H]4CC[C@@H](C(=O)O)CC4)c3C(F)(F)F)(CC1)C2. The number of amides is 1. The third kappa shape index (κ3) is 5.87. The van der Waals surface area contributed by atoms with E-state index in [9.17, 15) is 32.7 Å². The lowest BCUT2D eigenvalue weighted by Gasteiger charge is -2.34. The molecule has 3 aliphatic rings. The van der Waals surface area contributed by atoms with E-state index in [4.69, 9.17) is 23.2 Å². The first-order chi connectivity index (χ1) is 19.2. The lowest BCUT2D eigenvalue weighted by atomic mass is 9.82. The van der Waals surface area contributed by atoms with Gasteiger partial charge in [-0.1, -0.05) is 36.2 Å². The average Bonchev–Trinajstić information content (AvgIpc) is 3.58. The Bertz CT molecular complexity index is 1340. The van der Waals surface area contributed by atoms with Crippen molar-refractivity contribution in [1.82, 2.24) is 14.7 Å². The highest BCUT2D eigenvalue weighted by Gasteiger charge is 2.53. The van der Waals surface area contributed by atoms with Crippen LogP contribution in [-0.2, 0) is 11.0 Å². The van der Waals surface area contributed by atoms with Crippen molar-refractivity contribution in [3.05, 3.63) is 51.3 Å². The van der Waals surface area contributed by atoms with E-state index in [-0.39, 0.29) is 58.7 Å². The first-order valence-electron chi connectivity index (χ1n) is 13.9. The summed E-state index contributed by atoms with van der Waals surface area (Å²) in [6.07, 6.45) is 1.29. The molecule has 5 rings (SSSR count). The zero-order valence-corrected chi connectivity index (χ0v) is 24.2. The molecule has 0 radical (unpaired) electrons. The molecule has 0 aliphatic heterocycles. The van der Waals surface area contributed by atoms with Crippen molar-refractivity contribution in [3.8, 4) is 0 Å². The van der Waals surface area contributed by atoms with E-state index in [0.29, 0.717) is 0 Å². The minimum absolute atomic E-state index is 0.0238. The van der Waals surface area contributed by atoms with Crippen molar-refractivity contribution in [1.29, 1.82) is 0 Å². The smallest absolute Gasteiger partial charge is 0.433 e. The topological polar surface area (TPSA) is 92.5 Å². The van der Waals surface area contributed by atoms with Gasteiger partial charge in [0, 0.05) is 6.54 Å². The van der Waals surface area contributed by atoms with Crippen LogP contribution in [-0.4, -0.2) is 50.5 Å². The summed E-state index contributed by atoms with van der Waals surface area (Å²) in [5.74, 6) is -3.06. The predicted molar refractivity (Wildman–Crippen MR) is 146 cm³/mol. The molecule has 0 spiro atoms. The molecule has 7 nitrogen and oxygen atoms in total. The Labute approximate surface area is 246 Å². The Hall–Kier alpha value is -2.59. The van der Waals surface area contributed by atoms with Crippen LogP contribution in [0.25, 0.3) is 0 Å². The van der Waals surface area contributed by atoms with Gasteiger partial charge in [-0.3, -0.25) is 19.1 Å². The Kier molecular flexibility index (Phi) is 7.96. The number of hydrogen-bond acceptors (Lipinski definition) is 4. The summed E-state index contributed by atoms with van der Waals surface area (Å²) in [6.45, 7) is 1.85. The van der Waals surface area contributed by atoms with E-state index in [2.05, 4.69) is 12.0 Å². The zero-order chi connectivity index (χ0) is 29.7. The third-order valence-electron chi connectivity index (χ3n) is 9.40. The maximum absolute atomic E-state index is 14.5. The van der Waals surface area contributed by atoms with Crippen LogP contribution >= 0.6 is 23.2 Å². The molecule has 41 heavy (non-hydrogen) atoms. The van der Waals surface area contributed by atoms with Crippen LogP contribution < -0.4 is 0 Å². The highest BCUT2D eigenvalue weighted by Crippen LogP contribution is 2.61. The van der Waals surface area contributed by atoms with Crippen LogP contribution in [0.2, 0.25) is 10.0 Å². The van der Waals surface area contributed by atoms with E-state index >= 15 is 0 Å². The van der Waals surface area contributed by atoms with Crippen LogP contribution in [0.4, 0.5) is 13.2 Å². The van der Waals surface area contributed by atoms with Crippen molar-refractivity contribution in [2.45, 2.75) is 76.9 Å². The van der Waals surface area contributed by atoms with Crippen molar-refractivity contribution in [2.24, 2.45) is 16.7 Å². The van der Waals surface area contributed by atoms with E-state index in [1.165, 1.54) is 17.0 Å². The Morgan fingerprint density at radius 3 is 2.20 bits per heavy atom. The van der Waals surface area contributed by atoms with Crippen LogP contribution in [0.1, 0.15) is 97.2 Å². The van der Waals surface area contributed by atoms with Crippen molar-refractivity contribution < 1.29 is 32.7 Å². The number of alkyl halides is 3.